The molecule has 0 bridgehead atoms. The van der Waals surface area contributed by atoms with Crippen molar-refractivity contribution in [2.24, 2.45) is 0 Å². The zero-order valence-electron chi connectivity index (χ0n) is 16.2. The van der Waals surface area contributed by atoms with Gasteiger partial charge in [0.25, 0.3) is 0 Å². The number of halogens is 3. The summed E-state index contributed by atoms with van der Waals surface area (Å²) in [5.74, 6) is 0.0873. The van der Waals surface area contributed by atoms with Crippen molar-refractivity contribution in [2.45, 2.75) is 18.0 Å². The molecule has 3 N–H and O–H groups in total. The highest BCUT2D eigenvalue weighted by Gasteiger charge is 2.34. The number of aromatic nitrogens is 4. The molecule has 0 amide bonds. The summed E-state index contributed by atoms with van der Waals surface area (Å²) in [4.78, 5) is 9.00. The van der Waals surface area contributed by atoms with E-state index in [0.29, 0.717) is 29.8 Å². The van der Waals surface area contributed by atoms with Crippen LogP contribution in [-0.2, 0) is 6.18 Å². The summed E-state index contributed by atoms with van der Waals surface area (Å²) in [6.07, 6.45) is -0.924. The predicted octanol–water partition coefficient (Wildman–Crippen LogP) is 4.21. The van der Waals surface area contributed by atoms with Gasteiger partial charge in [-0.3, -0.25) is 5.10 Å². The SMILES string of the molecule is Oc1nc([C@H]2CNC[C@@H]2c2ccc(C(F)(F)F)cc2)nc2ccc(-c3cn[nH]c3)cc12. The molecule has 1 saturated heterocycles. The molecule has 2 aromatic heterocycles. The van der Waals surface area contributed by atoms with Gasteiger partial charge in [-0.05, 0) is 35.4 Å². The third-order valence-corrected chi connectivity index (χ3v) is 5.74. The molecule has 2 atom stereocenters. The molecule has 0 radical (unpaired) electrons. The molecule has 2 aromatic carbocycles. The lowest BCUT2D eigenvalue weighted by atomic mass is 9.87. The molecule has 5 rings (SSSR count). The number of fused-ring (bicyclic) bond motifs is 1. The number of hydrogen-bond donors (Lipinski definition) is 3. The minimum Gasteiger partial charge on any atom is -0.493 e. The summed E-state index contributed by atoms with van der Waals surface area (Å²) in [6.45, 7) is 1.17. The number of rotatable bonds is 3. The van der Waals surface area contributed by atoms with Crippen molar-refractivity contribution in [3.8, 4) is 17.0 Å². The van der Waals surface area contributed by atoms with Gasteiger partial charge in [0, 0.05) is 36.7 Å². The van der Waals surface area contributed by atoms with E-state index >= 15 is 0 Å². The second-order valence-electron chi connectivity index (χ2n) is 7.62. The first kappa shape index (κ1) is 19.5. The molecule has 31 heavy (non-hydrogen) atoms. The number of alkyl halides is 3. The molecule has 0 aliphatic carbocycles. The fraction of sp³-hybridized carbons (Fsp3) is 0.227. The Morgan fingerprint density at radius 1 is 0.935 bits per heavy atom. The van der Waals surface area contributed by atoms with Gasteiger partial charge in [0.15, 0.2) is 0 Å². The van der Waals surface area contributed by atoms with Crippen molar-refractivity contribution in [1.82, 2.24) is 25.5 Å². The number of aromatic hydroxyl groups is 1. The van der Waals surface area contributed by atoms with Gasteiger partial charge in [0.2, 0.25) is 5.88 Å². The van der Waals surface area contributed by atoms with Crippen molar-refractivity contribution in [1.29, 1.82) is 0 Å². The lowest BCUT2D eigenvalue weighted by Crippen LogP contribution is -2.13. The highest BCUT2D eigenvalue weighted by atomic mass is 19.4. The van der Waals surface area contributed by atoms with Gasteiger partial charge in [-0.25, -0.2) is 4.98 Å². The number of benzene rings is 2. The maximum absolute atomic E-state index is 12.9. The Bertz CT molecular complexity index is 1220. The van der Waals surface area contributed by atoms with E-state index in [2.05, 4.69) is 25.5 Å². The molecule has 0 unspecified atom stereocenters. The zero-order valence-corrected chi connectivity index (χ0v) is 16.2. The monoisotopic (exact) mass is 425 g/mol. The number of nitrogens with zero attached hydrogens (tertiary/aromatic N) is 3. The number of nitrogens with one attached hydrogen (secondary N) is 2. The van der Waals surface area contributed by atoms with Gasteiger partial charge in [0.1, 0.15) is 5.82 Å². The Morgan fingerprint density at radius 3 is 2.42 bits per heavy atom. The van der Waals surface area contributed by atoms with Crippen LogP contribution in [0, 0.1) is 0 Å². The van der Waals surface area contributed by atoms with E-state index in [0.717, 1.165) is 28.8 Å². The fourth-order valence-corrected chi connectivity index (χ4v) is 4.10. The van der Waals surface area contributed by atoms with Crippen LogP contribution in [0.2, 0.25) is 0 Å². The van der Waals surface area contributed by atoms with Crippen molar-refractivity contribution in [3.05, 3.63) is 71.8 Å². The smallest absolute Gasteiger partial charge is 0.416 e. The van der Waals surface area contributed by atoms with Gasteiger partial charge in [-0.2, -0.15) is 23.3 Å². The highest BCUT2D eigenvalue weighted by Crippen LogP contribution is 2.38. The van der Waals surface area contributed by atoms with Gasteiger partial charge in [-0.1, -0.05) is 18.2 Å². The summed E-state index contributed by atoms with van der Waals surface area (Å²) in [7, 11) is 0. The molecule has 0 spiro atoms. The maximum atomic E-state index is 12.9. The van der Waals surface area contributed by atoms with Crippen molar-refractivity contribution in [2.75, 3.05) is 13.1 Å². The summed E-state index contributed by atoms with van der Waals surface area (Å²) >= 11 is 0. The topological polar surface area (TPSA) is 86.7 Å². The molecule has 4 aromatic rings. The van der Waals surface area contributed by atoms with E-state index in [1.54, 1.807) is 18.5 Å². The molecular formula is C22H18F3N5O. The molecule has 1 aliphatic rings. The molecule has 1 fully saturated rings. The molecular weight excluding hydrogens is 407 g/mol. The lowest BCUT2D eigenvalue weighted by Gasteiger charge is -2.19. The summed E-state index contributed by atoms with van der Waals surface area (Å²) in [6, 6.07) is 10.7. The van der Waals surface area contributed by atoms with Gasteiger partial charge >= 0.3 is 6.18 Å². The Morgan fingerprint density at radius 2 is 1.71 bits per heavy atom. The minimum absolute atomic E-state index is 0.0932. The van der Waals surface area contributed by atoms with E-state index in [9.17, 15) is 18.3 Å². The molecule has 9 heteroatoms. The first-order valence-corrected chi connectivity index (χ1v) is 9.78. The number of aromatic amines is 1. The van der Waals surface area contributed by atoms with E-state index in [1.165, 1.54) is 12.1 Å². The van der Waals surface area contributed by atoms with E-state index < -0.39 is 11.7 Å². The van der Waals surface area contributed by atoms with E-state index in [4.69, 9.17) is 0 Å². The average Bonchev–Trinajstić information content (AvgIpc) is 3.45. The predicted molar refractivity (Wildman–Crippen MR) is 109 cm³/mol. The van der Waals surface area contributed by atoms with Crippen LogP contribution in [0.4, 0.5) is 13.2 Å². The molecule has 158 valence electrons. The molecule has 6 nitrogen and oxygen atoms in total. The first-order valence-electron chi connectivity index (χ1n) is 9.78. The number of H-pyrrole nitrogens is 1. The Kier molecular flexibility index (Phi) is 4.62. The largest absolute Gasteiger partial charge is 0.493 e. The van der Waals surface area contributed by atoms with Crippen molar-refractivity contribution < 1.29 is 18.3 Å². The third-order valence-electron chi connectivity index (χ3n) is 5.74. The quantitative estimate of drug-likeness (QED) is 0.458. The Labute approximate surface area is 175 Å². The summed E-state index contributed by atoms with van der Waals surface area (Å²) in [5.41, 5.74) is 2.46. The van der Waals surface area contributed by atoms with Crippen LogP contribution in [0.25, 0.3) is 22.0 Å². The van der Waals surface area contributed by atoms with Crippen LogP contribution in [-0.4, -0.2) is 38.4 Å². The van der Waals surface area contributed by atoms with Crippen LogP contribution in [0.1, 0.15) is 28.8 Å². The molecule has 1 aliphatic heterocycles. The minimum atomic E-state index is -4.37. The van der Waals surface area contributed by atoms with Crippen LogP contribution in [0.5, 0.6) is 5.88 Å². The summed E-state index contributed by atoms with van der Waals surface area (Å²) in [5, 5.41) is 21.1. The summed E-state index contributed by atoms with van der Waals surface area (Å²) < 4.78 is 38.7. The maximum Gasteiger partial charge on any atom is 0.416 e. The fourth-order valence-electron chi connectivity index (χ4n) is 4.10. The Hall–Kier alpha value is -3.46. The molecule has 0 saturated carbocycles. The highest BCUT2D eigenvalue weighted by molar-refractivity contribution is 5.87. The van der Waals surface area contributed by atoms with E-state index in [1.807, 2.05) is 12.1 Å². The lowest BCUT2D eigenvalue weighted by molar-refractivity contribution is -0.137. The van der Waals surface area contributed by atoms with Crippen LogP contribution < -0.4 is 5.32 Å². The normalized spacial score (nSPS) is 19.2. The first-order chi connectivity index (χ1) is 14.9. The van der Waals surface area contributed by atoms with Crippen LogP contribution in [0.15, 0.2) is 54.9 Å². The number of hydrogen-bond acceptors (Lipinski definition) is 5. The van der Waals surface area contributed by atoms with Crippen LogP contribution >= 0.6 is 0 Å². The van der Waals surface area contributed by atoms with Crippen LogP contribution in [0.3, 0.4) is 0 Å². The molecule has 3 heterocycles. The van der Waals surface area contributed by atoms with Gasteiger partial charge in [-0.15, -0.1) is 0 Å². The second-order valence-corrected chi connectivity index (χ2v) is 7.62. The third kappa shape index (κ3) is 3.61. The zero-order chi connectivity index (χ0) is 21.6. The average molecular weight is 425 g/mol. The second kappa shape index (κ2) is 7.35. The van der Waals surface area contributed by atoms with Gasteiger partial charge in [0.05, 0.1) is 22.7 Å². The van der Waals surface area contributed by atoms with E-state index in [-0.39, 0.29) is 17.7 Å². The Balaban J connectivity index is 1.48. The van der Waals surface area contributed by atoms with Crippen molar-refractivity contribution >= 4 is 10.9 Å². The standard InChI is InChI=1S/C22H18F3N5O/c23-22(24,25)15-4-1-12(2-5-15)17-10-26-11-18(17)20-29-19-6-3-13(14-8-27-28-9-14)7-16(19)21(31)30-20/h1-9,17-18,26H,10-11H2,(H,27,28)(H,29,30,31)/t17-,18+/m1/s1. The van der Waals surface area contributed by atoms with Gasteiger partial charge < -0.3 is 10.4 Å². The van der Waals surface area contributed by atoms with Crippen molar-refractivity contribution in [3.63, 3.8) is 0 Å².